The minimum absolute atomic E-state index is 0.000416. The van der Waals surface area contributed by atoms with Crippen LogP contribution in [-0.4, -0.2) is 61.3 Å². The number of hydrogen-bond donors (Lipinski definition) is 1. The minimum atomic E-state index is -0.651. The van der Waals surface area contributed by atoms with Crippen molar-refractivity contribution in [3.8, 4) is 11.5 Å². The van der Waals surface area contributed by atoms with Crippen LogP contribution < -0.4 is 4.74 Å². The number of amides is 1. The zero-order valence-corrected chi connectivity index (χ0v) is 16.1. The average molecular weight is 391 g/mol. The van der Waals surface area contributed by atoms with E-state index in [9.17, 15) is 19.5 Å². The van der Waals surface area contributed by atoms with E-state index in [0.29, 0.717) is 38.1 Å². The largest absolute Gasteiger partial charge is 0.504 e. The van der Waals surface area contributed by atoms with Crippen LogP contribution in [0.1, 0.15) is 25.3 Å². The number of carbonyl (C=O) groups excluding carboxylic acids is 3. The van der Waals surface area contributed by atoms with Crippen LogP contribution in [-0.2, 0) is 23.9 Å². The smallest absolute Gasteiger partial charge is 0.331 e. The van der Waals surface area contributed by atoms with Crippen LogP contribution in [0.2, 0.25) is 0 Å². The monoisotopic (exact) mass is 391 g/mol. The number of methoxy groups -OCH3 is 1. The van der Waals surface area contributed by atoms with E-state index in [4.69, 9.17) is 14.2 Å². The molecule has 8 heteroatoms. The van der Waals surface area contributed by atoms with Gasteiger partial charge in [0.25, 0.3) is 5.91 Å². The average Bonchev–Trinajstić information content (AvgIpc) is 2.71. The lowest BCUT2D eigenvalue weighted by Crippen LogP contribution is -2.42. The number of nitrogens with zero attached hydrogens (tertiary/aromatic N) is 1. The van der Waals surface area contributed by atoms with Crippen LogP contribution in [0.4, 0.5) is 0 Å². The van der Waals surface area contributed by atoms with Gasteiger partial charge in [-0.05, 0) is 43.5 Å². The van der Waals surface area contributed by atoms with Crippen LogP contribution in [0.25, 0.3) is 6.08 Å². The zero-order valence-electron chi connectivity index (χ0n) is 16.1. The Balaban J connectivity index is 1.77. The summed E-state index contributed by atoms with van der Waals surface area (Å²) < 4.78 is 15.0. The first kappa shape index (κ1) is 21.3. The van der Waals surface area contributed by atoms with E-state index in [-0.39, 0.29) is 35.9 Å². The Hall–Kier alpha value is -3.03. The molecular formula is C20H25NO7. The van der Waals surface area contributed by atoms with Crippen molar-refractivity contribution in [3.05, 3.63) is 29.8 Å². The highest BCUT2D eigenvalue weighted by molar-refractivity contribution is 5.89. The molecule has 1 N–H and O–H groups in total. The van der Waals surface area contributed by atoms with Crippen molar-refractivity contribution in [2.75, 3.05) is 33.4 Å². The molecule has 1 aromatic carbocycles. The molecule has 8 nitrogen and oxygen atoms in total. The van der Waals surface area contributed by atoms with Gasteiger partial charge in [0.2, 0.25) is 0 Å². The summed E-state index contributed by atoms with van der Waals surface area (Å²) in [7, 11) is 1.43. The number of phenolic OH excluding ortho intramolecular Hbond substituents is 1. The molecule has 0 unspecified atom stereocenters. The van der Waals surface area contributed by atoms with E-state index in [1.807, 2.05) is 0 Å². The van der Waals surface area contributed by atoms with E-state index in [2.05, 4.69) is 0 Å². The van der Waals surface area contributed by atoms with Crippen molar-refractivity contribution >= 4 is 23.9 Å². The Morgan fingerprint density at radius 1 is 1.21 bits per heavy atom. The molecule has 0 radical (unpaired) electrons. The minimum Gasteiger partial charge on any atom is -0.504 e. The number of esters is 2. The highest BCUT2D eigenvalue weighted by Crippen LogP contribution is 2.26. The molecule has 28 heavy (non-hydrogen) atoms. The van der Waals surface area contributed by atoms with E-state index in [1.54, 1.807) is 24.0 Å². The third kappa shape index (κ3) is 6.00. The summed E-state index contributed by atoms with van der Waals surface area (Å²) in [5.41, 5.74) is 0.638. The van der Waals surface area contributed by atoms with Crippen molar-refractivity contribution in [2.45, 2.75) is 19.8 Å². The molecule has 0 atom stereocenters. The van der Waals surface area contributed by atoms with Gasteiger partial charge in [-0.25, -0.2) is 4.79 Å². The first-order valence-electron chi connectivity index (χ1n) is 9.10. The summed E-state index contributed by atoms with van der Waals surface area (Å²) in [6.07, 6.45) is 3.79. The van der Waals surface area contributed by atoms with Gasteiger partial charge in [-0.2, -0.15) is 0 Å². The first-order valence-corrected chi connectivity index (χ1v) is 9.10. The van der Waals surface area contributed by atoms with Crippen molar-refractivity contribution < 1.29 is 33.7 Å². The number of benzene rings is 1. The molecule has 1 aliphatic heterocycles. The van der Waals surface area contributed by atoms with Crippen molar-refractivity contribution in [3.63, 3.8) is 0 Å². The van der Waals surface area contributed by atoms with Crippen LogP contribution >= 0.6 is 0 Å². The quantitative estimate of drug-likeness (QED) is 0.558. The number of piperidine rings is 1. The fourth-order valence-corrected chi connectivity index (χ4v) is 2.86. The summed E-state index contributed by atoms with van der Waals surface area (Å²) in [5, 5.41) is 9.55. The van der Waals surface area contributed by atoms with Crippen LogP contribution in [0.3, 0.4) is 0 Å². The third-order valence-corrected chi connectivity index (χ3v) is 4.42. The molecule has 1 amide bonds. The Bertz CT molecular complexity index is 736. The van der Waals surface area contributed by atoms with Gasteiger partial charge in [-0.3, -0.25) is 9.59 Å². The maximum atomic E-state index is 12.2. The van der Waals surface area contributed by atoms with Gasteiger partial charge in [0.1, 0.15) is 0 Å². The van der Waals surface area contributed by atoms with Gasteiger partial charge >= 0.3 is 11.9 Å². The fourth-order valence-electron chi connectivity index (χ4n) is 2.86. The summed E-state index contributed by atoms with van der Waals surface area (Å²) in [6, 6.07) is 4.63. The summed E-state index contributed by atoms with van der Waals surface area (Å²) >= 11 is 0. The summed E-state index contributed by atoms with van der Waals surface area (Å²) in [6.45, 7) is 2.62. The van der Waals surface area contributed by atoms with Crippen LogP contribution in [0, 0.1) is 5.92 Å². The maximum Gasteiger partial charge on any atom is 0.331 e. The van der Waals surface area contributed by atoms with Gasteiger partial charge in [-0.1, -0.05) is 6.07 Å². The number of phenols is 1. The molecule has 152 valence electrons. The third-order valence-electron chi connectivity index (χ3n) is 4.42. The van der Waals surface area contributed by atoms with Gasteiger partial charge in [0.05, 0.1) is 19.6 Å². The molecule has 1 heterocycles. The standard InChI is InChI=1S/C20H25NO7/c1-3-27-20(25)15-8-10-21(11-9-15)18(23)13-28-19(24)7-5-14-4-6-16(22)17(12-14)26-2/h4-7,12,15,22H,3,8-11,13H2,1-2H3/b7-5+. The van der Waals surface area contributed by atoms with E-state index >= 15 is 0 Å². The fraction of sp³-hybridized carbons (Fsp3) is 0.450. The number of likely N-dealkylation sites (tertiary alicyclic amines) is 1. The highest BCUT2D eigenvalue weighted by atomic mass is 16.5. The second-order valence-corrected chi connectivity index (χ2v) is 6.28. The number of carbonyl (C=O) groups is 3. The molecule has 1 fully saturated rings. The number of aromatic hydroxyl groups is 1. The van der Waals surface area contributed by atoms with E-state index in [1.165, 1.54) is 25.3 Å². The van der Waals surface area contributed by atoms with Crippen LogP contribution in [0.15, 0.2) is 24.3 Å². The van der Waals surface area contributed by atoms with Crippen molar-refractivity contribution in [2.24, 2.45) is 5.92 Å². The molecule has 0 aliphatic carbocycles. The normalized spacial score (nSPS) is 14.7. The molecule has 0 saturated carbocycles. The molecule has 0 aromatic heterocycles. The predicted molar refractivity (Wildman–Crippen MR) is 101 cm³/mol. The second-order valence-electron chi connectivity index (χ2n) is 6.28. The summed E-state index contributed by atoms with van der Waals surface area (Å²) in [5.74, 6) is -1.07. The van der Waals surface area contributed by atoms with Crippen molar-refractivity contribution in [1.82, 2.24) is 4.90 Å². The predicted octanol–water partition coefficient (Wildman–Crippen LogP) is 1.76. The molecule has 1 aromatic rings. The lowest BCUT2D eigenvalue weighted by molar-refractivity contribution is -0.153. The maximum absolute atomic E-state index is 12.2. The Kier molecular flexibility index (Phi) is 7.86. The van der Waals surface area contributed by atoms with Gasteiger partial charge in [0, 0.05) is 19.2 Å². The van der Waals surface area contributed by atoms with E-state index in [0.717, 1.165) is 0 Å². The Morgan fingerprint density at radius 3 is 2.57 bits per heavy atom. The Morgan fingerprint density at radius 2 is 1.93 bits per heavy atom. The molecule has 0 bridgehead atoms. The number of hydrogen-bond acceptors (Lipinski definition) is 7. The zero-order chi connectivity index (χ0) is 20.5. The molecule has 1 saturated heterocycles. The molecule has 1 aliphatic rings. The van der Waals surface area contributed by atoms with Crippen LogP contribution in [0.5, 0.6) is 11.5 Å². The topological polar surface area (TPSA) is 102 Å². The number of rotatable bonds is 7. The number of ether oxygens (including phenoxy) is 3. The second kappa shape index (κ2) is 10.3. The molecule has 2 rings (SSSR count). The summed E-state index contributed by atoms with van der Waals surface area (Å²) in [4.78, 5) is 37.3. The van der Waals surface area contributed by atoms with E-state index < -0.39 is 5.97 Å². The highest BCUT2D eigenvalue weighted by Gasteiger charge is 2.28. The van der Waals surface area contributed by atoms with Gasteiger partial charge in [0.15, 0.2) is 18.1 Å². The SMILES string of the molecule is CCOC(=O)C1CCN(C(=O)COC(=O)/C=C/c2ccc(O)c(OC)c2)CC1. The van der Waals surface area contributed by atoms with Gasteiger partial charge < -0.3 is 24.2 Å². The van der Waals surface area contributed by atoms with Crippen molar-refractivity contribution in [1.29, 1.82) is 0 Å². The van der Waals surface area contributed by atoms with Gasteiger partial charge in [-0.15, -0.1) is 0 Å². The first-order chi connectivity index (χ1) is 13.4. The molecular weight excluding hydrogens is 366 g/mol. The lowest BCUT2D eigenvalue weighted by atomic mass is 9.97. The lowest BCUT2D eigenvalue weighted by Gasteiger charge is -2.30. The Labute approximate surface area is 163 Å². The molecule has 0 spiro atoms.